The summed E-state index contributed by atoms with van der Waals surface area (Å²) in [6.45, 7) is 1.53. The quantitative estimate of drug-likeness (QED) is 0.622. The summed E-state index contributed by atoms with van der Waals surface area (Å²) in [5, 5.41) is 0. The molecule has 1 saturated heterocycles. The number of rotatable bonds is 4. The van der Waals surface area contributed by atoms with Crippen molar-refractivity contribution in [2.45, 2.75) is 32.0 Å². The lowest BCUT2D eigenvalue weighted by molar-refractivity contribution is -0.162. The molecule has 0 radical (unpaired) electrons. The highest BCUT2D eigenvalue weighted by molar-refractivity contribution is 6.07. The van der Waals surface area contributed by atoms with E-state index in [2.05, 4.69) is 4.74 Å². The van der Waals surface area contributed by atoms with Crippen LogP contribution in [0.5, 0.6) is 0 Å². The van der Waals surface area contributed by atoms with Gasteiger partial charge in [-0.1, -0.05) is 30.3 Å². The third-order valence-electron chi connectivity index (χ3n) is 3.84. The fraction of sp³-hybridized carbons (Fsp3) is 0.471. The standard InChI is InChI=1S/C17H20FNO5/c1-2-23-15(21)17(18)9-11-19(10-8-14(17)20)16(22)24-12-13-6-4-3-5-7-13/h3-7H,2,8-12H2,1H3. The van der Waals surface area contributed by atoms with Crippen molar-refractivity contribution in [2.24, 2.45) is 0 Å². The number of ketones is 1. The number of hydrogen-bond acceptors (Lipinski definition) is 5. The van der Waals surface area contributed by atoms with Gasteiger partial charge in [0.2, 0.25) is 0 Å². The second-order valence-corrected chi connectivity index (χ2v) is 5.47. The van der Waals surface area contributed by atoms with Gasteiger partial charge >= 0.3 is 12.1 Å². The zero-order valence-corrected chi connectivity index (χ0v) is 13.5. The minimum absolute atomic E-state index is 0.0114. The summed E-state index contributed by atoms with van der Waals surface area (Å²) in [6, 6.07) is 9.12. The van der Waals surface area contributed by atoms with E-state index in [0.717, 1.165) is 5.56 Å². The zero-order chi connectivity index (χ0) is 17.6. The summed E-state index contributed by atoms with van der Waals surface area (Å²) in [4.78, 5) is 37.0. The number of amides is 1. The van der Waals surface area contributed by atoms with Gasteiger partial charge in [-0.05, 0) is 12.5 Å². The number of benzene rings is 1. The first-order chi connectivity index (χ1) is 11.5. The number of halogens is 1. The number of likely N-dealkylation sites (tertiary alicyclic amines) is 1. The second kappa shape index (κ2) is 7.90. The zero-order valence-electron chi connectivity index (χ0n) is 13.5. The maximum absolute atomic E-state index is 14.7. The average molecular weight is 337 g/mol. The molecule has 130 valence electrons. The van der Waals surface area contributed by atoms with Gasteiger partial charge in [-0.3, -0.25) is 4.79 Å². The van der Waals surface area contributed by atoms with Gasteiger partial charge in [0.1, 0.15) is 6.61 Å². The fourth-order valence-electron chi connectivity index (χ4n) is 2.43. The predicted octanol–water partition coefficient (Wildman–Crippen LogP) is 2.26. The molecule has 1 atom stereocenters. The number of esters is 1. The minimum Gasteiger partial charge on any atom is -0.463 e. The Hall–Kier alpha value is -2.44. The van der Waals surface area contributed by atoms with Crippen molar-refractivity contribution in [3.05, 3.63) is 35.9 Å². The molecule has 1 unspecified atom stereocenters. The molecule has 24 heavy (non-hydrogen) atoms. The first-order valence-corrected chi connectivity index (χ1v) is 7.82. The Bertz CT molecular complexity index is 606. The highest BCUT2D eigenvalue weighted by Gasteiger charge is 2.49. The van der Waals surface area contributed by atoms with Crippen LogP contribution >= 0.6 is 0 Å². The van der Waals surface area contributed by atoms with Crippen LogP contribution in [-0.4, -0.2) is 48.1 Å². The number of carbonyl (C=O) groups excluding carboxylic acids is 3. The summed E-state index contributed by atoms with van der Waals surface area (Å²) in [7, 11) is 0. The van der Waals surface area contributed by atoms with E-state index in [9.17, 15) is 18.8 Å². The third kappa shape index (κ3) is 4.10. The maximum Gasteiger partial charge on any atom is 0.410 e. The molecule has 0 spiro atoms. The Morgan fingerprint density at radius 1 is 1.21 bits per heavy atom. The largest absolute Gasteiger partial charge is 0.463 e. The van der Waals surface area contributed by atoms with Gasteiger partial charge in [-0.15, -0.1) is 0 Å². The molecule has 0 aliphatic carbocycles. The van der Waals surface area contributed by atoms with Gasteiger partial charge in [-0.25, -0.2) is 14.0 Å². The van der Waals surface area contributed by atoms with Gasteiger partial charge in [0.15, 0.2) is 5.78 Å². The molecular formula is C17H20FNO5. The second-order valence-electron chi connectivity index (χ2n) is 5.47. The maximum atomic E-state index is 14.7. The van der Waals surface area contributed by atoms with Crippen LogP contribution in [0.15, 0.2) is 30.3 Å². The lowest BCUT2D eigenvalue weighted by Gasteiger charge is -2.21. The average Bonchev–Trinajstić information content (AvgIpc) is 2.74. The van der Waals surface area contributed by atoms with Crippen LogP contribution in [0.1, 0.15) is 25.3 Å². The van der Waals surface area contributed by atoms with Crippen LogP contribution in [0, 0.1) is 0 Å². The predicted molar refractivity (Wildman–Crippen MR) is 82.9 cm³/mol. The van der Waals surface area contributed by atoms with Crippen LogP contribution in [0.3, 0.4) is 0 Å². The van der Waals surface area contributed by atoms with Crippen molar-refractivity contribution in [3.8, 4) is 0 Å². The van der Waals surface area contributed by atoms with Gasteiger partial charge in [0.25, 0.3) is 5.67 Å². The molecule has 2 rings (SSSR count). The van der Waals surface area contributed by atoms with E-state index in [1.807, 2.05) is 30.3 Å². The normalized spacial score (nSPS) is 21.1. The number of alkyl halides is 1. The lowest BCUT2D eigenvalue weighted by atomic mass is 9.96. The molecule has 1 aromatic carbocycles. The van der Waals surface area contributed by atoms with E-state index >= 15 is 0 Å². The highest BCUT2D eigenvalue weighted by atomic mass is 19.1. The SMILES string of the molecule is CCOC(=O)C1(F)CCN(C(=O)OCc2ccccc2)CCC1=O. The fourth-order valence-corrected chi connectivity index (χ4v) is 2.43. The number of Topliss-reactive ketones (excluding diaryl/α,β-unsaturated/α-hetero) is 1. The molecule has 0 saturated carbocycles. The molecule has 1 aliphatic rings. The number of nitrogens with zero attached hydrogens (tertiary/aromatic N) is 1. The van der Waals surface area contributed by atoms with Crippen molar-refractivity contribution in [2.75, 3.05) is 19.7 Å². The van der Waals surface area contributed by atoms with E-state index in [-0.39, 0.29) is 32.7 Å². The van der Waals surface area contributed by atoms with E-state index in [0.29, 0.717) is 0 Å². The first kappa shape index (κ1) is 17.9. The molecule has 0 bridgehead atoms. The Balaban J connectivity index is 1.95. The van der Waals surface area contributed by atoms with Crippen molar-refractivity contribution >= 4 is 17.8 Å². The van der Waals surface area contributed by atoms with Crippen LogP contribution in [0.2, 0.25) is 0 Å². The molecule has 7 heteroatoms. The van der Waals surface area contributed by atoms with Gasteiger partial charge in [0.05, 0.1) is 6.61 Å². The molecule has 1 amide bonds. The van der Waals surface area contributed by atoms with Crippen molar-refractivity contribution in [3.63, 3.8) is 0 Å². The smallest absolute Gasteiger partial charge is 0.410 e. The summed E-state index contributed by atoms with van der Waals surface area (Å²) in [5.41, 5.74) is -1.87. The molecule has 1 fully saturated rings. The molecular weight excluding hydrogens is 317 g/mol. The Morgan fingerprint density at radius 3 is 2.58 bits per heavy atom. The molecule has 0 N–H and O–H groups in total. The first-order valence-electron chi connectivity index (χ1n) is 7.82. The van der Waals surface area contributed by atoms with Crippen LogP contribution in [0.25, 0.3) is 0 Å². The molecule has 1 heterocycles. The number of carbonyl (C=O) groups is 3. The van der Waals surface area contributed by atoms with Crippen LogP contribution < -0.4 is 0 Å². The van der Waals surface area contributed by atoms with E-state index < -0.39 is 29.9 Å². The van der Waals surface area contributed by atoms with Crippen molar-refractivity contribution in [1.82, 2.24) is 4.90 Å². The molecule has 0 aromatic heterocycles. The topological polar surface area (TPSA) is 72.9 Å². The van der Waals surface area contributed by atoms with Gasteiger partial charge < -0.3 is 14.4 Å². The Labute approximate surface area is 139 Å². The van der Waals surface area contributed by atoms with Gasteiger partial charge in [0, 0.05) is 25.9 Å². The van der Waals surface area contributed by atoms with E-state index in [1.54, 1.807) is 0 Å². The van der Waals surface area contributed by atoms with E-state index in [4.69, 9.17) is 4.74 Å². The summed E-state index contributed by atoms with van der Waals surface area (Å²) in [6.07, 6.45) is -1.32. The van der Waals surface area contributed by atoms with E-state index in [1.165, 1.54) is 11.8 Å². The summed E-state index contributed by atoms with van der Waals surface area (Å²) < 4.78 is 24.5. The molecule has 1 aromatic rings. The molecule has 6 nitrogen and oxygen atoms in total. The summed E-state index contributed by atoms with van der Waals surface area (Å²) >= 11 is 0. The van der Waals surface area contributed by atoms with Crippen molar-refractivity contribution < 1.29 is 28.2 Å². The van der Waals surface area contributed by atoms with Gasteiger partial charge in [-0.2, -0.15) is 0 Å². The Morgan fingerprint density at radius 2 is 1.92 bits per heavy atom. The Kier molecular flexibility index (Phi) is 5.89. The summed E-state index contributed by atoms with van der Waals surface area (Å²) in [5.74, 6) is -2.05. The molecule has 1 aliphatic heterocycles. The van der Waals surface area contributed by atoms with Crippen LogP contribution in [-0.2, 0) is 25.7 Å². The highest BCUT2D eigenvalue weighted by Crippen LogP contribution is 2.25. The van der Waals surface area contributed by atoms with Crippen LogP contribution in [0.4, 0.5) is 9.18 Å². The minimum atomic E-state index is -2.69. The third-order valence-corrected chi connectivity index (χ3v) is 3.84. The number of ether oxygens (including phenoxy) is 2. The monoisotopic (exact) mass is 337 g/mol. The van der Waals surface area contributed by atoms with Crippen molar-refractivity contribution in [1.29, 1.82) is 0 Å². The number of hydrogen-bond donors (Lipinski definition) is 0. The lowest BCUT2D eigenvalue weighted by Crippen LogP contribution is -2.44.